The van der Waals surface area contributed by atoms with E-state index in [1.807, 2.05) is 11.8 Å². The molecule has 0 bridgehead atoms. The van der Waals surface area contributed by atoms with Crippen LogP contribution < -0.4 is 10.6 Å². The van der Waals surface area contributed by atoms with Gasteiger partial charge in [-0.15, -0.1) is 0 Å². The molecule has 140 valence electrons. The van der Waals surface area contributed by atoms with Crippen molar-refractivity contribution in [3.8, 4) is 0 Å². The van der Waals surface area contributed by atoms with Crippen LogP contribution in [-0.4, -0.2) is 61.2 Å². The third kappa shape index (κ3) is 2.82. The summed E-state index contributed by atoms with van der Waals surface area (Å²) in [5.74, 6) is 1.83. The summed E-state index contributed by atoms with van der Waals surface area (Å²) < 4.78 is 6.02. The summed E-state index contributed by atoms with van der Waals surface area (Å²) in [6.07, 6.45) is 7.14. The molecule has 4 atom stereocenters. The lowest BCUT2D eigenvalue weighted by molar-refractivity contribution is -0.171. The fourth-order valence-corrected chi connectivity index (χ4v) is 5.42. The van der Waals surface area contributed by atoms with Crippen LogP contribution in [0.15, 0.2) is 4.99 Å². The molecule has 2 N–H and O–H groups in total. The number of rotatable bonds is 4. The van der Waals surface area contributed by atoms with E-state index in [4.69, 9.17) is 4.74 Å². The summed E-state index contributed by atoms with van der Waals surface area (Å²) in [6.45, 7) is 7.34. The van der Waals surface area contributed by atoms with Gasteiger partial charge < -0.3 is 20.3 Å². The zero-order valence-electron chi connectivity index (χ0n) is 15.6. The number of hydrogen-bond acceptors (Lipinski definition) is 3. The highest BCUT2D eigenvalue weighted by molar-refractivity contribution is 5.81. The number of nitrogens with zero attached hydrogens (tertiary/aromatic N) is 2. The first-order valence-corrected chi connectivity index (χ1v) is 10.1. The molecule has 6 nitrogen and oxygen atoms in total. The number of nitrogens with one attached hydrogen (secondary N) is 2. The lowest BCUT2D eigenvalue weighted by atomic mass is 9.46. The van der Waals surface area contributed by atoms with Crippen molar-refractivity contribution < 1.29 is 9.53 Å². The highest BCUT2D eigenvalue weighted by Gasteiger charge is 2.66. The SMILES string of the molecule is CCN=C(NC1CCN(C(=O)CC)C1)NC1C2CCOC2C12CCC2. The number of aliphatic imine (C=N–C) groups is 1. The Morgan fingerprint density at radius 3 is 2.80 bits per heavy atom. The minimum Gasteiger partial charge on any atom is -0.377 e. The summed E-state index contributed by atoms with van der Waals surface area (Å²) in [6, 6.07) is 0.808. The maximum Gasteiger partial charge on any atom is 0.222 e. The van der Waals surface area contributed by atoms with Gasteiger partial charge in [0.2, 0.25) is 5.91 Å². The van der Waals surface area contributed by atoms with Gasteiger partial charge in [-0.25, -0.2) is 0 Å². The van der Waals surface area contributed by atoms with E-state index in [2.05, 4.69) is 22.5 Å². The molecule has 0 aromatic carbocycles. The Hall–Kier alpha value is -1.30. The number of guanidine groups is 1. The normalized spacial score (nSPS) is 35.9. The second-order valence-corrected chi connectivity index (χ2v) is 8.10. The average molecular weight is 348 g/mol. The van der Waals surface area contributed by atoms with Crippen LogP contribution in [0.5, 0.6) is 0 Å². The maximum absolute atomic E-state index is 11.9. The van der Waals surface area contributed by atoms with E-state index in [0.717, 1.165) is 38.6 Å². The summed E-state index contributed by atoms with van der Waals surface area (Å²) >= 11 is 0. The molecule has 4 fully saturated rings. The van der Waals surface area contributed by atoms with Crippen LogP contribution >= 0.6 is 0 Å². The standard InChI is InChI=1S/C19H32N4O2/c1-3-15(24)23-10-6-13(12-23)21-18(20-4-2)22-16-14-7-11-25-17(14)19(16)8-5-9-19/h13-14,16-17H,3-12H2,1-2H3,(H2,20,21,22). The van der Waals surface area contributed by atoms with Crippen LogP contribution in [0.4, 0.5) is 0 Å². The second kappa shape index (κ2) is 6.78. The van der Waals surface area contributed by atoms with Gasteiger partial charge in [0.1, 0.15) is 0 Å². The molecule has 4 unspecified atom stereocenters. The van der Waals surface area contributed by atoms with Gasteiger partial charge in [-0.3, -0.25) is 9.79 Å². The Balaban J connectivity index is 1.38. The van der Waals surface area contributed by atoms with Crippen molar-refractivity contribution in [3.05, 3.63) is 0 Å². The Bertz CT molecular complexity index is 546. The first-order chi connectivity index (χ1) is 12.2. The fourth-order valence-electron chi connectivity index (χ4n) is 5.42. The molecule has 1 spiro atoms. The summed E-state index contributed by atoms with van der Waals surface area (Å²) in [7, 11) is 0. The largest absolute Gasteiger partial charge is 0.377 e. The number of likely N-dealkylation sites (tertiary alicyclic amines) is 1. The molecule has 0 aromatic rings. The van der Waals surface area contributed by atoms with E-state index < -0.39 is 0 Å². The Morgan fingerprint density at radius 1 is 1.28 bits per heavy atom. The molecule has 6 heteroatoms. The molecule has 1 amide bonds. The van der Waals surface area contributed by atoms with E-state index in [0.29, 0.717) is 35.9 Å². The number of ether oxygens (including phenoxy) is 1. The highest BCUT2D eigenvalue weighted by Crippen LogP contribution is 2.62. The molecular weight excluding hydrogens is 316 g/mol. The summed E-state index contributed by atoms with van der Waals surface area (Å²) in [4.78, 5) is 18.6. The predicted octanol–water partition coefficient (Wildman–Crippen LogP) is 1.51. The smallest absolute Gasteiger partial charge is 0.222 e. The first kappa shape index (κ1) is 17.1. The Kier molecular flexibility index (Phi) is 4.65. The monoisotopic (exact) mass is 348 g/mol. The predicted molar refractivity (Wildman–Crippen MR) is 97.4 cm³/mol. The van der Waals surface area contributed by atoms with Crippen molar-refractivity contribution in [1.29, 1.82) is 0 Å². The number of amides is 1. The van der Waals surface area contributed by atoms with E-state index >= 15 is 0 Å². The van der Waals surface area contributed by atoms with Crippen molar-refractivity contribution in [1.82, 2.24) is 15.5 Å². The van der Waals surface area contributed by atoms with Crippen LogP contribution in [0.25, 0.3) is 0 Å². The lowest BCUT2D eigenvalue weighted by Crippen LogP contribution is -2.72. The average Bonchev–Trinajstić information content (AvgIpc) is 3.18. The van der Waals surface area contributed by atoms with Gasteiger partial charge in [-0.1, -0.05) is 13.3 Å². The molecule has 0 radical (unpaired) electrons. The first-order valence-electron chi connectivity index (χ1n) is 10.1. The Labute approximate surface area is 150 Å². The van der Waals surface area contributed by atoms with Crippen molar-refractivity contribution >= 4 is 11.9 Å². The number of hydrogen-bond donors (Lipinski definition) is 2. The quantitative estimate of drug-likeness (QED) is 0.597. The minimum absolute atomic E-state index is 0.254. The van der Waals surface area contributed by atoms with Crippen molar-refractivity contribution in [2.75, 3.05) is 26.2 Å². The van der Waals surface area contributed by atoms with Crippen LogP contribution in [0.3, 0.4) is 0 Å². The second-order valence-electron chi connectivity index (χ2n) is 8.10. The molecule has 0 aromatic heterocycles. The molecule has 4 rings (SSSR count). The van der Waals surface area contributed by atoms with E-state index in [1.165, 1.54) is 25.7 Å². The van der Waals surface area contributed by atoms with Gasteiger partial charge in [0.15, 0.2) is 5.96 Å². The summed E-state index contributed by atoms with van der Waals surface area (Å²) in [5.41, 5.74) is 0.358. The molecule has 25 heavy (non-hydrogen) atoms. The fraction of sp³-hybridized carbons (Fsp3) is 0.895. The molecule has 2 saturated carbocycles. The topological polar surface area (TPSA) is 66.0 Å². The molecule has 2 saturated heterocycles. The van der Waals surface area contributed by atoms with Gasteiger partial charge in [-0.05, 0) is 32.6 Å². The highest BCUT2D eigenvalue weighted by atomic mass is 16.5. The molecule has 2 heterocycles. The van der Waals surface area contributed by atoms with Crippen molar-refractivity contribution in [2.45, 2.75) is 70.6 Å². The van der Waals surface area contributed by atoms with Crippen LogP contribution in [0.2, 0.25) is 0 Å². The van der Waals surface area contributed by atoms with Gasteiger partial charge in [0, 0.05) is 56.1 Å². The summed E-state index contributed by atoms with van der Waals surface area (Å²) in [5, 5.41) is 7.35. The van der Waals surface area contributed by atoms with E-state index in [9.17, 15) is 4.79 Å². The van der Waals surface area contributed by atoms with Gasteiger partial charge >= 0.3 is 0 Å². The maximum atomic E-state index is 11.9. The van der Waals surface area contributed by atoms with Crippen molar-refractivity contribution in [3.63, 3.8) is 0 Å². The van der Waals surface area contributed by atoms with Crippen LogP contribution in [-0.2, 0) is 9.53 Å². The third-order valence-corrected chi connectivity index (χ3v) is 6.83. The number of carbonyl (C=O) groups is 1. The van der Waals surface area contributed by atoms with E-state index in [-0.39, 0.29) is 5.91 Å². The van der Waals surface area contributed by atoms with Crippen LogP contribution in [0.1, 0.15) is 52.4 Å². The zero-order valence-corrected chi connectivity index (χ0v) is 15.6. The number of carbonyl (C=O) groups excluding carboxylic acids is 1. The zero-order chi connectivity index (χ0) is 17.4. The van der Waals surface area contributed by atoms with Gasteiger partial charge in [-0.2, -0.15) is 0 Å². The van der Waals surface area contributed by atoms with Gasteiger partial charge in [0.05, 0.1) is 6.10 Å². The van der Waals surface area contributed by atoms with E-state index in [1.54, 1.807) is 0 Å². The molecule has 2 aliphatic carbocycles. The van der Waals surface area contributed by atoms with Crippen LogP contribution in [0, 0.1) is 11.3 Å². The molecule has 2 aliphatic heterocycles. The molecule has 4 aliphatic rings. The van der Waals surface area contributed by atoms with Crippen molar-refractivity contribution in [2.24, 2.45) is 16.3 Å². The molecular formula is C19H32N4O2. The minimum atomic E-state index is 0.254. The van der Waals surface area contributed by atoms with Gasteiger partial charge in [0.25, 0.3) is 0 Å². The number of fused-ring (bicyclic) bond motifs is 2. The Morgan fingerprint density at radius 2 is 2.12 bits per heavy atom. The third-order valence-electron chi connectivity index (χ3n) is 6.83. The lowest BCUT2D eigenvalue weighted by Gasteiger charge is -2.63.